The predicted octanol–water partition coefficient (Wildman–Crippen LogP) is 2.78. The molecule has 1 fully saturated rings. The first-order valence-electron chi connectivity index (χ1n) is 9.51. The topological polar surface area (TPSA) is 50.8 Å². The number of aryl methyl sites for hydroxylation is 1. The van der Waals surface area contributed by atoms with Crippen LogP contribution in [0.3, 0.4) is 0 Å². The van der Waals surface area contributed by atoms with Gasteiger partial charge in [-0.3, -0.25) is 9.69 Å². The lowest BCUT2D eigenvalue weighted by Gasteiger charge is -2.26. The number of amides is 1. The molecule has 5 heteroatoms. The van der Waals surface area contributed by atoms with E-state index in [2.05, 4.69) is 34.5 Å². The molecule has 0 saturated carbocycles. The maximum Gasteiger partial charge on any atom is 0.220 e. The summed E-state index contributed by atoms with van der Waals surface area (Å²) in [5.41, 5.74) is 3.47. The van der Waals surface area contributed by atoms with Crippen LogP contribution in [-0.2, 0) is 29.0 Å². The van der Waals surface area contributed by atoms with Crippen molar-refractivity contribution >= 4 is 5.91 Å². The smallest absolute Gasteiger partial charge is 0.220 e. The number of benzene rings is 2. The number of methoxy groups -OCH3 is 1. The van der Waals surface area contributed by atoms with Crippen molar-refractivity contribution in [3.8, 4) is 5.75 Å². The van der Waals surface area contributed by atoms with Crippen LogP contribution in [0.15, 0.2) is 48.5 Å². The minimum absolute atomic E-state index is 0.0540. The summed E-state index contributed by atoms with van der Waals surface area (Å²) in [7, 11) is 1.65. The van der Waals surface area contributed by atoms with Crippen LogP contribution >= 0.6 is 0 Å². The first-order valence-corrected chi connectivity index (χ1v) is 9.51. The summed E-state index contributed by atoms with van der Waals surface area (Å²) >= 11 is 0. The molecule has 1 amide bonds. The van der Waals surface area contributed by atoms with E-state index in [-0.39, 0.29) is 5.91 Å². The number of morpholine rings is 1. The second-order valence-electron chi connectivity index (χ2n) is 6.79. The largest absolute Gasteiger partial charge is 0.496 e. The zero-order valence-corrected chi connectivity index (χ0v) is 15.9. The Labute approximate surface area is 161 Å². The number of hydrogen-bond acceptors (Lipinski definition) is 4. The summed E-state index contributed by atoms with van der Waals surface area (Å²) in [6.07, 6.45) is 1.13. The maximum atomic E-state index is 12.1. The van der Waals surface area contributed by atoms with Crippen molar-refractivity contribution in [1.29, 1.82) is 0 Å². The molecule has 3 rings (SSSR count). The van der Waals surface area contributed by atoms with Gasteiger partial charge in [0.2, 0.25) is 5.91 Å². The second-order valence-corrected chi connectivity index (χ2v) is 6.79. The van der Waals surface area contributed by atoms with Gasteiger partial charge >= 0.3 is 0 Å². The molecule has 0 aliphatic carbocycles. The first-order chi connectivity index (χ1) is 13.2. The van der Waals surface area contributed by atoms with E-state index < -0.39 is 0 Å². The Hall–Kier alpha value is -2.37. The van der Waals surface area contributed by atoms with Crippen LogP contribution in [0.5, 0.6) is 5.75 Å². The number of para-hydroxylation sites is 1. The Bertz CT molecular complexity index is 725. The number of nitrogens with one attached hydrogen (secondary N) is 1. The molecule has 1 N–H and O–H groups in total. The van der Waals surface area contributed by atoms with Gasteiger partial charge in [0.15, 0.2) is 0 Å². The molecule has 1 saturated heterocycles. The van der Waals surface area contributed by atoms with Gasteiger partial charge in [0.1, 0.15) is 5.75 Å². The molecular weight excluding hydrogens is 340 g/mol. The molecule has 2 aromatic rings. The lowest BCUT2D eigenvalue weighted by Crippen LogP contribution is -2.35. The van der Waals surface area contributed by atoms with Crippen LogP contribution in [0.2, 0.25) is 0 Å². The van der Waals surface area contributed by atoms with Crippen molar-refractivity contribution in [1.82, 2.24) is 10.2 Å². The highest BCUT2D eigenvalue weighted by molar-refractivity contribution is 5.76. The number of hydrogen-bond donors (Lipinski definition) is 1. The molecule has 27 heavy (non-hydrogen) atoms. The quantitative estimate of drug-likeness (QED) is 0.778. The van der Waals surface area contributed by atoms with E-state index in [1.54, 1.807) is 7.11 Å². The number of rotatable bonds is 8. The van der Waals surface area contributed by atoms with Crippen molar-refractivity contribution in [2.75, 3.05) is 33.4 Å². The highest BCUT2D eigenvalue weighted by Crippen LogP contribution is 2.18. The molecule has 0 aromatic heterocycles. The van der Waals surface area contributed by atoms with Gasteiger partial charge in [-0.25, -0.2) is 0 Å². The zero-order valence-electron chi connectivity index (χ0n) is 15.9. The Kier molecular flexibility index (Phi) is 7.25. The van der Waals surface area contributed by atoms with Crippen molar-refractivity contribution < 1.29 is 14.3 Å². The van der Waals surface area contributed by atoms with E-state index in [1.165, 1.54) is 5.56 Å². The molecule has 0 atom stereocenters. The predicted molar refractivity (Wildman–Crippen MR) is 106 cm³/mol. The fourth-order valence-corrected chi connectivity index (χ4v) is 3.23. The minimum atomic E-state index is 0.0540. The lowest BCUT2D eigenvalue weighted by atomic mass is 10.1. The highest BCUT2D eigenvalue weighted by Gasteiger charge is 2.10. The fourth-order valence-electron chi connectivity index (χ4n) is 3.23. The molecule has 0 radical (unpaired) electrons. The van der Waals surface area contributed by atoms with Crippen LogP contribution < -0.4 is 10.1 Å². The fraction of sp³-hybridized carbons (Fsp3) is 0.409. The number of nitrogens with zero attached hydrogens (tertiary/aromatic N) is 1. The van der Waals surface area contributed by atoms with E-state index in [4.69, 9.17) is 9.47 Å². The van der Waals surface area contributed by atoms with Crippen molar-refractivity contribution in [3.63, 3.8) is 0 Å². The van der Waals surface area contributed by atoms with Gasteiger partial charge in [-0.2, -0.15) is 0 Å². The third kappa shape index (κ3) is 6.08. The van der Waals surface area contributed by atoms with Gasteiger partial charge in [-0.15, -0.1) is 0 Å². The van der Waals surface area contributed by atoms with Gasteiger partial charge in [-0.1, -0.05) is 42.5 Å². The maximum absolute atomic E-state index is 12.1. The molecule has 0 spiro atoms. The summed E-state index contributed by atoms with van der Waals surface area (Å²) < 4.78 is 10.7. The van der Waals surface area contributed by atoms with Crippen LogP contribution in [0.1, 0.15) is 23.1 Å². The van der Waals surface area contributed by atoms with Crippen molar-refractivity contribution in [3.05, 3.63) is 65.2 Å². The summed E-state index contributed by atoms with van der Waals surface area (Å²) in [5.74, 6) is 0.888. The monoisotopic (exact) mass is 368 g/mol. The van der Waals surface area contributed by atoms with Gasteiger partial charge < -0.3 is 14.8 Å². The van der Waals surface area contributed by atoms with Crippen LogP contribution in [0.4, 0.5) is 0 Å². The Balaban J connectivity index is 1.42. The number of carbonyl (C=O) groups is 1. The van der Waals surface area contributed by atoms with Crippen molar-refractivity contribution in [2.24, 2.45) is 0 Å². The van der Waals surface area contributed by atoms with E-state index in [0.717, 1.165) is 49.7 Å². The average Bonchev–Trinajstić information content (AvgIpc) is 2.72. The third-order valence-electron chi connectivity index (χ3n) is 4.84. The van der Waals surface area contributed by atoms with E-state index in [1.807, 2.05) is 24.3 Å². The molecule has 0 unspecified atom stereocenters. The molecule has 144 valence electrons. The summed E-state index contributed by atoms with van der Waals surface area (Å²) in [6.45, 7) is 5.13. The van der Waals surface area contributed by atoms with E-state index in [0.29, 0.717) is 19.4 Å². The van der Waals surface area contributed by atoms with Crippen molar-refractivity contribution in [2.45, 2.75) is 25.9 Å². The van der Waals surface area contributed by atoms with Gasteiger partial charge in [0, 0.05) is 32.6 Å². The van der Waals surface area contributed by atoms with E-state index >= 15 is 0 Å². The summed E-state index contributed by atoms with van der Waals surface area (Å²) in [6, 6.07) is 16.3. The first kappa shape index (κ1) is 19.4. The number of carbonyl (C=O) groups excluding carboxylic acids is 1. The third-order valence-corrected chi connectivity index (χ3v) is 4.84. The second kappa shape index (κ2) is 10.1. The Morgan fingerprint density at radius 1 is 1.07 bits per heavy atom. The molecule has 5 nitrogen and oxygen atoms in total. The standard InChI is InChI=1S/C22H28N2O3/c1-26-21-5-3-2-4-20(21)10-11-22(25)23-16-18-6-8-19(9-7-18)17-24-12-14-27-15-13-24/h2-9H,10-17H2,1H3,(H,23,25). The van der Waals surface area contributed by atoms with Crippen LogP contribution in [0, 0.1) is 0 Å². The SMILES string of the molecule is COc1ccccc1CCC(=O)NCc1ccc(CN2CCOCC2)cc1. The summed E-state index contributed by atoms with van der Waals surface area (Å²) in [5, 5.41) is 3.00. The molecule has 2 aromatic carbocycles. The number of ether oxygens (including phenoxy) is 2. The van der Waals surface area contributed by atoms with Gasteiger partial charge in [-0.05, 0) is 29.2 Å². The molecular formula is C22H28N2O3. The highest BCUT2D eigenvalue weighted by atomic mass is 16.5. The normalized spacial score (nSPS) is 14.7. The Morgan fingerprint density at radius 2 is 1.78 bits per heavy atom. The molecule has 1 aliphatic heterocycles. The van der Waals surface area contributed by atoms with Crippen LogP contribution in [-0.4, -0.2) is 44.2 Å². The Morgan fingerprint density at radius 3 is 2.52 bits per heavy atom. The van der Waals surface area contributed by atoms with Gasteiger partial charge in [0.05, 0.1) is 20.3 Å². The molecule has 1 aliphatic rings. The molecule has 0 bridgehead atoms. The average molecular weight is 368 g/mol. The zero-order chi connectivity index (χ0) is 18.9. The minimum Gasteiger partial charge on any atom is -0.496 e. The van der Waals surface area contributed by atoms with Crippen LogP contribution in [0.25, 0.3) is 0 Å². The van der Waals surface area contributed by atoms with E-state index in [9.17, 15) is 4.79 Å². The molecule has 1 heterocycles. The van der Waals surface area contributed by atoms with Gasteiger partial charge in [0.25, 0.3) is 0 Å². The lowest BCUT2D eigenvalue weighted by molar-refractivity contribution is -0.121. The summed E-state index contributed by atoms with van der Waals surface area (Å²) in [4.78, 5) is 14.5.